The molecular weight excluding hydrogens is 320 g/mol. The Morgan fingerprint density at radius 1 is 1.36 bits per heavy atom. The van der Waals surface area contributed by atoms with Gasteiger partial charge in [-0.15, -0.1) is 0 Å². The Balaban J connectivity index is 1.88. The van der Waals surface area contributed by atoms with Gasteiger partial charge in [-0.1, -0.05) is 6.92 Å². The molecule has 3 rings (SSSR count). The summed E-state index contributed by atoms with van der Waals surface area (Å²) in [5, 5.41) is 7.25. The van der Waals surface area contributed by atoms with Crippen LogP contribution in [0, 0.1) is 0 Å². The van der Waals surface area contributed by atoms with Gasteiger partial charge in [-0.3, -0.25) is 14.7 Å². The maximum atomic E-state index is 13.2. The molecule has 1 fully saturated rings. The first-order chi connectivity index (χ1) is 11.8. The number of nitrogens with zero attached hydrogens (tertiary/aromatic N) is 3. The second kappa shape index (κ2) is 6.44. The zero-order valence-corrected chi connectivity index (χ0v) is 15.8. The van der Waals surface area contributed by atoms with E-state index in [2.05, 4.69) is 17.1 Å². The van der Waals surface area contributed by atoms with Gasteiger partial charge in [0.15, 0.2) is 5.69 Å². The van der Waals surface area contributed by atoms with E-state index >= 15 is 0 Å². The predicted octanol–water partition coefficient (Wildman–Crippen LogP) is 1.90. The molecule has 2 aliphatic rings. The molecule has 2 aliphatic heterocycles. The van der Waals surface area contributed by atoms with Crippen LogP contribution in [0.1, 0.15) is 68.9 Å². The molecule has 7 nitrogen and oxygen atoms in total. The first-order valence-electron chi connectivity index (χ1n) is 9.11. The fraction of sp³-hybridized carbons (Fsp3) is 0.722. The number of piperazine rings is 1. The highest BCUT2D eigenvalue weighted by atomic mass is 16.5. The van der Waals surface area contributed by atoms with E-state index < -0.39 is 5.54 Å². The van der Waals surface area contributed by atoms with Crippen molar-refractivity contribution < 1.29 is 14.3 Å². The van der Waals surface area contributed by atoms with Gasteiger partial charge in [-0.2, -0.15) is 5.10 Å². The average Bonchev–Trinajstić information content (AvgIpc) is 2.95. The summed E-state index contributed by atoms with van der Waals surface area (Å²) in [5.41, 5.74) is 1.37. The van der Waals surface area contributed by atoms with Crippen LogP contribution in [0.3, 0.4) is 0 Å². The van der Waals surface area contributed by atoms with Gasteiger partial charge in [-0.05, 0) is 34.1 Å². The van der Waals surface area contributed by atoms with Crippen molar-refractivity contribution in [3.05, 3.63) is 17.0 Å². The Hall–Kier alpha value is -1.89. The van der Waals surface area contributed by atoms with E-state index in [1.54, 1.807) is 4.90 Å². The van der Waals surface area contributed by atoms with Crippen molar-refractivity contribution >= 4 is 11.8 Å². The van der Waals surface area contributed by atoms with Gasteiger partial charge in [0.05, 0.1) is 17.9 Å². The number of ether oxygens (including phenoxy) is 1. The number of hydrogen-bond acceptors (Lipinski definition) is 4. The highest BCUT2D eigenvalue weighted by molar-refractivity contribution is 5.99. The molecule has 25 heavy (non-hydrogen) atoms. The highest BCUT2D eigenvalue weighted by Crippen LogP contribution is 2.32. The van der Waals surface area contributed by atoms with Gasteiger partial charge < -0.3 is 14.5 Å². The summed E-state index contributed by atoms with van der Waals surface area (Å²) in [5.74, 6) is -0.170. The zero-order chi connectivity index (χ0) is 18.4. The average molecular weight is 348 g/mol. The number of rotatable bonds is 3. The Bertz CT molecular complexity index is 682. The molecule has 1 aromatic rings. The van der Waals surface area contributed by atoms with Crippen LogP contribution in [-0.2, 0) is 16.0 Å². The topological polar surface area (TPSA) is 78.5 Å². The van der Waals surface area contributed by atoms with Crippen LogP contribution in [0.25, 0.3) is 0 Å². The van der Waals surface area contributed by atoms with Crippen molar-refractivity contribution in [3.8, 4) is 0 Å². The van der Waals surface area contributed by atoms with Crippen LogP contribution in [0.15, 0.2) is 0 Å². The Morgan fingerprint density at radius 2 is 2.08 bits per heavy atom. The standard InChI is InChI=1S/C18H28N4O3/c1-6-7-21-8-9-22(18(4,5)17(21)24)16(23)15-13-10-11(2)25-12(3)14(13)19-20-15/h11-12H,6-10H2,1-5H3,(H,19,20)/t11-,12+/m0/s1. The minimum atomic E-state index is -0.862. The lowest BCUT2D eigenvalue weighted by Crippen LogP contribution is -2.64. The fourth-order valence-corrected chi connectivity index (χ4v) is 3.92. The number of carbonyl (C=O) groups is 2. The SMILES string of the molecule is CCCN1CCN(C(=O)c2n[nH]c3c2C[C@H](C)O[C@@H]3C)C(C)(C)C1=O. The molecule has 0 radical (unpaired) electrons. The van der Waals surface area contributed by atoms with Gasteiger partial charge in [0.1, 0.15) is 5.54 Å². The molecule has 1 N–H and O–H groups in total. The predicted molar refractivity (Wildman–Crippen MR) is 93.2 cm³/mol. The summed E-state index contributed by atoms with van der Waals surface area (Å²) in [4.78, 5) is 29.5. The van der Waals surface area contributed by atoms with Crippen LogP contribution in [0.4, 0.5) is 0 Å². The van der Waals surface area contributed by atoms with E-state index in [-0.39, 0.29) is 24.0 Å². The van der Waals surface area contributed by atoms with E-state index in [1.807, 2.05) is 32.6 Å². The molecule has 1 aromatic heterocycles. The van der Waals surface area contributed by atoms with Gasteiger partial charge in [0, 0.05) is 31.6 Å². The fourth-order valence-electron chi connectivity index (χ4n) is 3.92. The van der Waals surface area contributed by atoms with E-state index in [1.165, 1.54) is 0 Å². The van der Waals surface area contributed by atoms with E-state index in [9.17, 15) is 9.59 Å². The monoisotopic (exact) mass is 348 g/mol. The van der Waals surface area contributed by atoms with Crippen molar-refractivity contribution in [2.75, 3.05) is 19.6 Å². The number of fused-ring (bicyclic) bond motifs is 1. The molecular formula is C18H28N4O3. The van der Waals surface area contributed by atoms with Gasteiger partial charge in [0.2, 0.25) is 5.91 Å². The quantitative estimate of drug-likeness (QED) is 0.905. The van der Waals surface area contributed by atoms with Crippen LogP contribution in [0.5, 0.6) is 0 Å². The third-order valence-corrected chi connectivity index (χ3v) is 5.25. The summed E-state index contributed by atoms with van der Waals surface area (Å²) in [6.07, 6.45) is 1.51. The summed E-state index contributed by atoms with van der Waals surface area (Å²) in [6, 6.07) is 0. The second-order valence-corrected chi connectivity index (χ2v) is 7.57. The second-order valence-electron chi connectivity index (χ2n) is 7.57. The smallest absolute Gasteiger partial charge is 0.275 e. The molecule has 2 atom stereocenters. The molecule has 0 spiro atoms. The molecule has 7 heteroatoms. The van der Waals surface area contributed by atoms with Crippen molar-refractivity contribution in [1.82, 2.24) is 20.0 Å². The Kier molecular flexibility index (Phi) is 4.62. The summed E-state index contributed by atoms with van der Waals surface area (Å²) < 4.78 is 5.79. The maximum Gasteiger partial charge on any atom is 0.275 e. The van der Waals surface area contributed by atoms with Gasteiger partial charge in [-0.25, -0.2) is 0 Å². The third-order valence-electron chi connectivity index (χ3n) is 5.25. The number of aromatic nitrogens is 2. The molecule has 0 unspecified atom stereocenters. The number of hydrogen-bond donors (Lipinski definition) is 1. The molecule has 0 aromatic carbocycles. The molecule has 2 amide bonds. The number of amides is 2. The largest absolute Gasteiger partial charge is 0.369 e. The first kappa shape index (κ1) is 17.9. The van der Waals surface area contributed by atoms with E-state index in [4.69, 9.17) is 4.74 Å². The number of aromatic amines is 1. The van der Waals surface area contributed by atoms with Crippen molar-refractivity contribution in [3.63, 3.8) is 0 Å². The molecule has 1 saturated heterocycles. The molecule has 3 heterocycles. The Labute approximate surface area is 148 Å². The Morgan fingerprint density at radius 3 is 2.76 bits per heavy atom. The first-order valence-corrected chi connectivity index (χ1v) is 9.11. The van der Waals surface area contributed by atoms with Crippen LogP contribution in [0.2, 0.25) is 0 Å². The maximum absolute atomic E-state index is 13.2. The number of carbonyl (C=O) groups excluding carboxylic acids is 2. The summed E-state index contributed by atoms with van der Waals surface area (Å²) in [7, 11) is 0. The minimum Gasteiger partial charge on any atom is -0.369 e. The van der Waals surface area contributed by atoms with Gasteiger partial charge in [0.25, 0.3) is 5.91 Å². The summed E-state index contributed by atoms with van der Waals surface area (Å²) >= 11 is 0. The lowest BCUT2D eigenvalue weighted by molar-refractivity contribution is -0.146. The van der Waals surface area contributed by atoms with Crippen LogP contribution < -0.4 is 0 Å². The lowest BCUT2D eigenvalue weighted by atomic mass is 9.94. The normalized spacial score (nSPS) is 25.9. The molecule has 138 valence electrons. The molecule has 0 bridgehead atoms. The lowest BCUT2D eigenvalue weighted by Gasteiger charge is -2.45. The van der Waals surface area contributed by atoms with Crippen molar-refractivity contribution in [2.45, 2.75) is 65.2 Å². The van der Waals surface area contributed by atoms with E-state index in [0.29, 0.717) is 25.2 Å². The zero-order valence-electron chi connectivity index (χ0n) is 15.8. The van der Waals surface area contributed by atoms with Crippen LogP contribution >= 0.6 is 0 Å². The minimum absolute atomic E-state index is 0.00317. The van der Waals surface area contributed by atoms with Crippen LogP contribution in [-0.4, -0.2) is 63.1 Å². The molecule has 0 aliphatic carbocycles. The number of H-pyrrole nitrogens is 1. The highest BCUT2D eigenvalue weighted by Gasteiger charge is 2.45. The number of nitrogens with one attached hydrogen (secondary N) is 1. The molecule has 0 saturated carbocycles. The van der Waals surface area contributed by atoms with Crippen molar-refractivity contribution in [2.24, 2.45) is 0 Å². The van der Waals surface area contributed by atoms with Gasteiger partial charge >= 0.3 is 0 Å². The van der Waals surface area contributed by atoms with E-state index in [0.717, 1.165) is 24.2 Å². The third kappa shape index (κ3) is 2.94. The van der Waals surface area contributed by atoms with Crippen molar-refractivity contribution in [1.29, 1.82) is 0 Å². The summed E-state index contributed by atoms with van der Waals surface area (Å²) in [6.45, 7) is 11.5.